The van der Waals surface area contributed by atoms with Crippen LogP contribution in [0.25, 0.3) is 0 Å². The van der Waals surface area contributed by atoms with Gasteiger partial charge in [-0.25, -0.2) is 8.78 Å². The Morgan fingerprint density at radius 3 is 2.17 bits per heavy atom. The first kappa shape index (κ1) is 19.1. The fourth-order valence-corrected chi connectivity index (χ4v) is 4.36. The molecule has 6 heteroatoms. The summed E-state index contributed by atoms with van der Waals surface area (Å²) in [7, 11) is 0. The quantitative estimate of drug-likeness (QED) is 0.780. The van der Waals surface area contributed by atoms with E-state index in [2.05, 4.69) is 26.1 Å². The Balaban J connectivity index is 0.00000192. The molecule has 1 aromatic carbocycles. The Morgan fingerprint density at radius 2 is 1.61 bits per heavy atom. The first-order valence-corrected chi connectivity index (χ1v) is 9.05. The number of hydrogen-bond acceptors (Lipinski definition) is 2. The van der Waals surface area contributed by atoms with Crippen LogP contribution in [0.1, 0.15) is 43.7 Å². The van der Waals surface area contributed by atoms with Crippen LogP contribution in [-0.4, -0.2) is 31.1 Å². The minimum Gasteiger partial charge on any atom is -0.314 e. The summed E-state index contributed by atoms with van der Waals surface area (Å²) < 4.78 is 29.6. The molecule has 1 atom stereocenters. The van der Waals surface area contributed by atoms with E-state index in [1.807, 2.05) is 0 Å². The van der Waals surface area contributed by atoms with Gasteiger partial charge >= 0.3 is 0 Å². The lowest BCUT2D eigenvalue weighted by atomic mass is 9.80. The largest absolute Gasteiger partial charge is 0.314 e. The predicted octanol–water partition coefficient (Wildman–Crippen LogP) is 4.68. The summed E-state index contributed by atoms with van der Waals surface area (Å²) in [4.78, 5) is 2.28. The zero-order chi connectivity index (χ0) is 15.5. The summed E-state index contributed by atoms with van der Waals surface area (Å²) in [5.41, 5.74) is 0.275. The van der Waals surface area contributed by atoms with E-state index < -0.39 is 11.6 Å². The molecular weight excluding hydrogens is 386 g/mol. The topological polar surface area (TPSA) is 15.3 Å². The minimum absolute atomic E-state index is 0. The van der Waals surface area contributed by atoms with Crippen molar-refractivity contribution in [2.45, 2.75) is 38.1 Å². The van der Waals surface area contributed by atoms with Gasteiger partial charge in [0.2, 0.25) is 0 Å². The second-order valence-corrected chi connectivity index (χ2v) is 7.33. The van der Waals surface area contributed by atoms with Gasteiger partial charge in [0, 0.05) is 42.3 Å². The molecule has 0 bridgehead atoms. The van der Waals surface area contributed by atoms with Crippen molar-refractivity contribution in [3.05, 3.63) is 33.8 Å². The molecule has 2 fully saturated rings. The van der Waals surface area contributed by atoms with Crippen molar-refractivity contribution >= 4 is 28.3 Å². The van der Waals surface area contributed by atoms with Crippen LogP contribution < -0.4 is 5.32 Å². The van der Waals surface area contributed by atoms with Crippen molar-refractivity contribution in [2.75, 3.05) is 26.2 Å². The molecule has 1 saturated carbocycles. The number of benzene rings is 1. The third kappa shape index (κ3) is 4.44. The lowest BCUT2D eigenvalue weighted by Gasteiger charge is -2.41. The van der Waals surface area contributed by atoms with Crippen LogP contribution in [0, 0.1) is 17.6 Å². The second kappa shape index (κ2) is 8.75. The fourth-order valence-electron chi connectivity index (χ4n) is 3.96. The van der Waals surface area contributed by atoms with Gasteiger partial charge in [-0.05, 0) is 30.9 Å². The van der Waals surface area contributed by atoms with E-state index in [1.54, 1.807) is 0 Å². The molecule has 2 aliphatic rings. The van der Waals surface area contributed by atoms with Crippen LogP contribution >= 0.6 is 28.3 Å². The van der Waals surface area contributed by atoms with Crippen LogP contribution in [0.5, 0.6) is 0 Å². The maximum absolute atomic E-state index is 14.6. The smallest absolute Gasteiger partial charge is 0.132 e. The fraction of sp³-hybridized carbons (Fsp3) is 0.647. The molecule has 1 N–H and O–H groups in total. The Hall–Kier alpha value is -0.230. The van der Waals surface area contributed by atoms with Gasteiger partial charge in [-0.3, -0.25) is 4.90 Å². The van der Waals surface area contributed by atoms with Crippen LogP contribution in [0.3, 0.4) is 0 Å². The Morgan fingerprint density at radius 1 is 1.04 bits per heavy atom. The summed E-state index contributed by atoms with van der Waals surface area (Å²) in [5.74, 6) is -0.473. The Bertz CT molecular complexity index is 476. The third-order valence-electron chi connectivity index (χ3n) is 4.98. The molecule has 0 aromatic heterocycles. The highest BCUT2D eigenvalue weighted by molar-refractivity contribution is 9.10. The first-order chi connectivity index (χ1) is 10.7. The zero-order valence-corrected chi connectivity index (χ0v) is 15.6. The SMILES string of the molecule is Cl.Fc1cc(Br)cc(F)c1[C@H](C1CCCCC1)N1CCNCC1. The molecule has 0 unspecified atom stereocenters. The monoisotopic (exact) mass is 408 g/mol. The van der Waals surface area contributed by atoms with E-state index in [0.29, 0.717) is 10.4 Å². The second-order valence-electron chi connectivity index (χ2n) is 6.41. The van der Waals surface area contributed by atoms with Gasteiger partial charge in [-0.2, -0.15) is 0 Å². The number of hydrogen-bond donors (Lipinski definition) is 1. The number of nitrogens with one attached hydrogen (secondary N) is 1. The van der Waals surface area contributed by atoms with Gasteiger partial charge in [0.05, 0.1) is 0 Å². The van der Waals surface area contributed by atoms with Gasteiger partial charge in [0.1, 0.15) is 11.6 Å². The first-order valence-electron chi connectivity index (χ1n) is 8.26. The molecule has 1 saturated heterocycles. The van der Waals surface area contributed by atoms with E-state index in [1.165, 1.54) is 31.4 Å². The predicted molar refractivity (Wildman–Crippen MR) is 95.1 cm³/mol. The Kier molecular flexibility index (Phi) is 7.26. The van der Waals surface area contributed by atoms with Gasteiger partial charge in [0.25, 0.3) is 0 Å². The minimum atomic E-state index is -0.416. The molecule has 0 spiro atoms. The number of piperazine rings is 1. The summed E-state index contributed by atoms with van der Waals surface area (Å²) in [5, 5.41) is 3.33. The lowest BCUT2D eigenvalue weighted by molar-refractivity contribution is 0.0976. The number of halogens is 4. The maximum atomic E-state index is 14.6. The summed E-state index contributed by atoms with van der Waals surface area (Å²) >= 11 is 3.18. The zero-order valence-electron chi connectivity index (χ0n) is 13.2. The Labute approximate surface area is 151 Å². The van der Waals surface area contributed by atoms with Crippen molar-refractivity contribution in [3.8, 4) is 0 Å². The van der Waals surface area contributed by atoms with Crippen molar-refractivity contribution in [2.24, 2.45) is 5.92 Å². The highest BCUT2D eigenvalue weighted by atomic mass is 79.9. The van der Waals surface area contributed by atoms with Crippen LogP contribution in [0.2, 0.25) is 0 Å². The standard InChI is InChI=1S/C17H23BrF2N2.ClH/c18-13-10-14(19)16(15(20)11-13)17(12-4-2-1-3-5-12)22-8-6-21-7-9-22;/h10-12,17,21H,1-9H2;1H/t17-;/m0./s1. The number of nitrogens with zero attached hydrogens (tertiary/aromatic N) is 1. The normalized spacial score (nSPS) is 21.7. The summed E-state index contributed by atoms with van der Waals surface area (Å²) in [6.07, 6.45) is 5.74. The van der Waals surface area contributed by atoms with Gasteiger partial charge in [-0.15, -0.1) is 12.4 Å². The summed E-state index contributed by atoms with van der Waals surface area (Å²) in [6, 6.07) is 2.67. The molecule has 130 valence electrons. The average molecular weight is 410 g/mol. The van der Waals surface area contributed by atoms with Crippen LogP contribution in [-0.2, 0) is 0 Å². The highest BCUT2D eigenvalue weighted by Gasteiger charge is 2.34. The highest BCUT2D eigenvalue weighted by Crippen LogP contribution is 2.41. The molecule has 1 aliphatic carbocycles. The van der Waals surface area contributed by atoms with E-state index in [4.69, 9.17) is 0 Å². The van der Waals surface area contributed by atoms with Crippen LogP contribution in [0.4, 0.5) is 8.78 Å². The van der Waals surface area contributed by atoms with E-state index >= 15 is 0 Å². The maximum Gasteiger partial charge on any atom is 0.132 e. The lowest BCUT2D eigenvalue weighted by Crippen LogP contribution is -2.47. The molecule has 0 amide bonds. The molecule has 1 heterocycles. The average Bonchev–Trinajstić information content (AvgIpc) is 2.52. The van der Waals surface area contributed by atoms with E-state index in [0.717, 1.165) is 39.0 Å². The van der Waals surface area contributed by atoms with E-state index in [9.17, 15) is 8.78 Å². The van der Waals surface area contributed by atoms with Gasteiger partial charge in [0.15, 0.2) is 0 Å². The van der Waals surface area contributed by atoms with Crippen molar-refractivity contribution < 1.29 is 8.78 Å². The van der Waals surface area contributed by atoms with Crippen molar-refractivity contribution in [3.63, 3.8) is 0 Å². The third-order valence-corrected chi connectivity index (χ3v) is 5.44. The summed E-state index contributed by atoms with van der Waals surface area (Å²) in [6.45, 7) is 3.50. The molecule has 0 radical (unpaired) electrons. The van der Waals surface area contributed by atoms with Crippen molar-refractivity contribution in [1.82, 2.24) is 10.2 Å². The molecule has 3 rings (SSSR count). The van der Waals surface area contributed by atoms with Gasteiger partial charge in [-0.1, -0.05) is 35.2 Å². The van der Waals surface area contributed by atoms with Crippen LogP contribution in [0.15, 0.2) is 16.6 Å². The van der Waals surface area contributed by atoms with Gasteiger partial charge < -0.3 is 5.32 Å². The molecule has 1 aromatic rings. The number of rotatable bonds is 3. The molecule has 23 heavy (non-hydrogen) atoms. The molecular formula is C17H24BrClF2N2. The van der Waals surface area contributed by atoms with Crippen molar-refractivity contribution in [1.29, 1.82) is 0 Å². The van der Waals surface area contributed by atoms with E-state index in [-0.39, 0.29) is 24.0 Å². The molecule has 1 aliphatic heterocycles. The molecule has 2 nitrogen and oxygen atoms in total.